The van der Waals surface area contributed by atoms with Crippen LogP contribution in [0.4, 0.5) is 0 Å². The zero-order valence-corrected chi connectivity index (χ0v) is 11.2. The second kappa shape index (κ2) is 5.59. The highest BCUT2D eigenvalue weighted by Gasteiger charge is 2.22. The van der Waals surface area contributed by atoms with E-state index in [2.05, 4.69) is 0 Å². The van der Waals surface area contributed by atoms with E-state index in [1.165, 1.54) is 5.56 Å². The van der Waals surface area contributed by atoms with Crippen molar-refractivity contribution in [3.8, 4) is 0 Å². The van der Waals surface area contributed by atoms with Crippen molar-refractivity contribution in [1.29, 1.82) is 0 Å². The summed E-state index contributed by atoms with van der Waals surface area (Å²) in [5.41, 5.74) is 0.427. The van der Waals surface area contributed by atoms with E-state index < -0.39 is 5.60 Å². The Hall–Kier alpha value is -1.25. The third-order valence-electron chi connectivity index (χ3n) is 3.00. The van der Waals surface area contributed by atoms with E-state index >= 15 is 0 Å². The van der Waals surface area contributed by atoms with Crippen molar-refractivity contribution in [2.75, 3.05) is 0 Å². The van der Waals surface area contributed by atoms with E-state index in [0.29, 0.717) is 12.8 Å². The molecule has 1 heterocycles. The average molecular weight is 265 g/mol. The maximum Gasteiger partial charge on any atom is 0.106 e. The van der Waals surface area contributed by atoms with Gasteiger partial charge in [0, 0.05) is 11.4 Å². The Morgan fingerprint density at radius 3 is 2.56 bits per heavy atom. The minimum Gasteiger partial charge on any atom is -0.469 e. The molecule has 0 aliphatic rings. The first-order chi connectivity index (χ1) is 8.55. The van der Waals surface area contributed by atoms with E-state index in [0.717, 1.165) is 17.2 Å². The molecule has 0 radical (unpaired) electrons. The topological polar surface area (TPSA) is 33.4 Å². The van der Waals surface area contributed by atoms with Crippen LogP contribution in [0.25, 0.3) is 0 Å². The van der Waals surface area contributed by atoms with Crippen molar-refractivity contribution in [2.24, 2.45) is 0 Å². The van der Waals surface area contributed by atoms with Gasteiger partial charge in [-0.1, -0.05) is 23.7 Å². The highest BCUT2D eigenvalue weighted by Crippen LogP contribution is 2.20. The van der Waals surface area contributed by atoms with Gasteiger partial charge in [0.1, 0.15) is 5.76 Å². The van der Waals surface area contributed by atoms with Gasteiger partial charge in [0.05, 0.1) is 11.9 Å². The summed E-state index contributed by atoms with van der Waals surface area (Å²) in [6.07, 6.45) is 3.68. The Kier molecular flexibility index (Phi) is 4.10. The summed E-state index contributed by atoms with van der Waals surface area (Å²) >= 11 is 5.83. The molecule has 1 aromatic heterocycles. The summed E-state index contributed by atoms with van der Waals surface area (Å²) in [5.74, 6) is 0.816. The lowest BCUT2D eigenvalue weighted by Gasteiger charge is -2.22. The number of aryl methyl sites for hydroxylation is 1. The van der Waals surface area contributed by atoms with Crippen LogP contribution in [0.3, 0.4) is 0 Å². The van der Waals surface area contributed by atoms with Crippen molar-refractivity contribution in [3.63, 3.8) is 0 Å². The van der Waals surface area contributed by atoms with Gasteiger partial charge in [-0.3, -0.25) is 0 Å². The van der Waals surface area contributed by atoms with Crippen molar-refractivity contribution in [2.45, 2.75) is 31.8 Å². The van der Waals surface area contributed by atoms with E-state index in [9.17, 15) is 5.11 Å². The van der Waals surface area contributed by atoms with Gasteiger partial charge in [-0.15, -0.1) is 0 Å². The van der Waals surface area contributed by atoms with Crippen LogP contribution in [0.1, 0.15) is 24.7 Å². The molecule has 0 fully saturated rings. The summed E-state index contributed by atoms with van der Waals surface area (Å²) < 4.78 is 5.26. The maximum atomic E-state index is 10.3. The summed E-state index contributed by atoms with van der Waals surface area (Å²) in [7, 11) is 0. The lowest BCUT2D eigenvalue weighted by atomic mass is 9.92. The Bertz CT molecular complexity index is 472. The Morgan fingerprint density at radius 2 is 1.94 bits per heavy atom. The quantitative estimate of drug-likeness (QED) is 0.890. The van der Waals surface area contributed by atoms with Gasteiger partial charge in [-0.2, -0.15) is 0 Å². The predicted molar refractivity (Wildman–Crippen MR) is 72.8 cm³/mol. The van der Waals surface area contributed by atoms with Crippen LogP contribution in [-0.4, -0.2) is 10.7 Å². The predicted octanol–water partition coefficient (Wildman–Crippen LogP) is 3.86. The summed E-state index contributed by atoms with van der Waals surface area (Å²) in [4.78, 5) is 0. The highest BCUT2D eigenvalue weighted by atomic mass is 35.5. The SMILES string of the molecule is CC(O)(CCc1ccc(Cl)cc1)Cc1ccco1. The van der Waals surface area contributed by atoms with Crippen LogP contribution in [0.2, 0.25) is 5.02 Å². The molecule has 0 amide bonds. The zero-order valence-electron chi connectivity index (χ0n) is 10.4. The number of furan rings is 1. The summed E-state index contributed by atoms with van der Waals surface area (Å²) in [5, 5.41) is 11.1. The molecule has 3 heteroatoms. The van der Waals surface area contributed by atoms with Gasteiger partial charge in [-0.25, -0.2) is 0 Å². The molecule has 2 nitrogen and oxygen atoms in total. The molecule has 0 saturated heterocycles. The third kappa shape index (κ3) is 3.90. The average Bonchev–Trinajstić information content (AvgIpc) is 2.80. The zero-order chi connectivity index (χ0) is 13.0. The minimum absolute atomic E-state index is 0.535. The molecule has 2 rings (SSSR count). The van der Waals surface area contributed by atoms with E-state index in [4.69, 9.17) is 16.0 Å². The molecule has 1 aromatic carbocycles. The minimum atomic E-state index is -0.752. The second-order valence-corrected chi connectivity index (χ2v) is 5.32. The van der Waals surface area contributed by atoms with Crippen LogP contribution < -0.4 is 0 Å². The fraction of sp³-hybridized carbons (Fsp3) is 0.333. The molecule has 0 spiro atoms. The van der Waals surface area contributed by atoms with Gasteiger partial charge in [0.2, 0.25) is 0 Å². The number of rotatable bonds is 5. The molecule has 0 aliphatic heterocycles. The van der Waals surface area contributed by atoms with Crippen LogP contribution in [0, 0.1) is 0 Å². The number of benzene rings is 1. The second-order valence-electron chi connectivity index (χ2n) is 4.88. The number of hydrogen-bond donors (Lipinski definition) is 1. The molecule has 2 aromatic rings. The molecule has 0 saturated carbocycles. The van der Waals surface area contributed by atoms with Gasteiger partial charge in [0.25, 0.3) is 0 Å². The van der Waals surface area contributed by atoms with Crippen molar-refractivity contribution in [1.82, 2.24) is 0 Å². The Balaban J connectivity index is 1.90. The van der Waals surface area contributed by atoms with Crippen LogP contribution in [-0.2, 0) is 12.8 Å². The van der Waals surface area contributed by atoms with Crippen LogP contribution in [0.5, 0.6) is 0 Å². The van der Waals surface area contributed by atoms with Gasteiger partial charge < -0.3 is 9.52 Å². The molecule has 18 heavy (non-hydrogen) atoms. The van der Waals surface area contributed by atoms with Crippen molar-refractivity contribution < 1.29 is 9.52 Å². The fourth-order valence-electron chi connectivity index (χ4n) is 1.94. The first kappa shape index (κ1) is 13.2. The first-order valence-electron chi connectivity index (χ1n) is 6.04. The normalized spacial score (nSPS) is 14.4. The molecule has 1 atom stereocenters. The molecule has 1 unspecified atom stereocenters. The van der Waals surface area contributed by atoms with E-state index in [1.54, 1.807) is 6.26 Å². The fourth-order valence-corrected chi connectivity index (χ4v) is 2.07. The largest absolute Gasteiger partial charge is 0.469 e. The Labute approximate surface area is 112 Å². The standard InChI is InChI=1S/C15H17ClO2/c1-15(17,11-14-3-2-10-18-14)9-8-12-4-6-13(16)7-5-12/h2-7,10,17H,8-9,11H2,1H3. The van der Waals surface area contributed by atoms with Crippen LogP contribution in [0.15, 0.2) is 47.1 Å². The molecule has 1 N–H and O–H groups in total. The van der Waals surface area contributed by atoms with E-state index in [-0.39, 0.29) is 0 Å². The number of halogens is 1. The van der Waals surface area contributed by atoms with Crippen molar-refractivity contribution in [3.05, 3.63) is 59.0 Å². The van der Waals surface area contributed by atoms with Crippen LogP contribution >= 0.6 is 11.6 Å². The number of hydrogen-bond acceptors (Lipinski definition) is 2. The first-order valence-corrected chi connectivity index (χ1v) is 6.42. The third-order valence-corrected chi connectivity index (χ3v) is 3.25. The van der Waals surface area contributed by atoms with Gasteiger partial charge in [0.15, 0.2) is 0 Å². The monoisotopic (exact) mass is 264 g/mol. The van der Waals surface area contributed by atoms with Crippen molar-refractivity contribution >= 4 is 11.6 Å². The lowest BCUT2D eigenvalue weighted by molar-refractivity contribution is 0.0465. The molecule has 0 bridgehead atoms. The molecular formula is C15H17ClO2. The lowest BCUT2D eigenvalue weighted by Crippen LogP contribution is -2.27. The highest BCUT2D eigenvalue weighted by molar-refractivity contribution is 6.30. The Morgan fingerprint density at radius 1 is 1.22 bits per heavy atom. The molecule has 96 valence electrons. The van der Waals surface area contributed by atoms with E-state index in [1.807, 2.05) is 43.3 Å². The molecule has 0 aliphatic carbocycles. The smallest absolute Gasteiger partial charge is 0.106 e. The number of aliphatic hydroxyl groups is 1. The molecular weight excluding hydrogens is 248 g/mol. The van der Waals surface area contributed by atoms with Gasteiger partial charge in [-0.05, 0) is 49.6 Å². The van der Waals surface area contributed by atoms with Gasteiger partial charge >= 0.3 is 0 Å². The summed E-state index contributed by atoms with van der Waals surface area (Å²) in [6, 6.07) is 11.5. The maximum absolute atomic E-state index is 10.3. The summed E-state index contributed by atoms with van der Waals surface area (Å²) in [6.45, 7) is 1.84.